The minimum atomic E-state index is -0.00691. The van der Waals surface area contributed by atoms with Crippen LogP contribution in [0.2, 0.25) is 0 Å². The Bertz CT molecular complexity index is 841. The molecule has 1 saturated carbocycles. The maximum absolute atomic E-state index is 13.0. The van der Waals surface area contributed by atoms with E-state index in [0.717, 1.165) is 44.3 Å². The number of amides is 2. The summed E-state index contributed by atoms with van der Waals surface area (Å²) in [5.74, 6) is 0.0641. The minimum Gasteiger partial charge on any atom is -0.332 e. The van der Waals surface area contributed by atoms with Crippen LogP contribution >= 0.6 is 12.4 Å². The van der Waals surface area contributed by atoms with Crippen LogP contribution in [0, 0.1) is 5.92 Å². The highest BCUT2D eigenvalue weighted by Gasteiger charge is 2.31. The van der Waals surface area contributed by atoms with Crippen molar-refractivity contribution in [1.82, 2.24) is 4.90 Å². The third-order valence-electron chi connectivity index (χ3n) is 5.94. The van der Waals surface area contributed by atoms with E-state index in [1.165, 1.54) is 5.56 Å². The van der Waals surface area contributed by atoms with Crippen LogP contribution in [0.25, 0.3) is 0 Å². The Morgan fingerprint density at radius 1 is 0.966 bits per heavy atom. The Morgan fingerprint density at radius 3 is 2.34 bits per heavy atom. The predicted octanol–water partition coefficient (Wildman–Crippen LogP) is 4.15. The summed E-state index contributed by atoms with van der Waals surface area (Å²) in [6, 6.07) is 17.7. The van der Waals surface area contributed by atoms with Gasteiger partial charge in [0.2, 0.25) is 5.91 Å². The lowest BCUT2D eigenvalue weighted by Crippen LogP contribution is -2.30. The van der Waals surface area contributed by atoms with Crippen molar-refractivity contribution in [2.45, 2.75) is 44.2 Å². The minimum absolute atomic E-state index is 0. The quantitative estimate of drug-likeness (QED) is 0.790. The Hall–Kier alpha value is -2.37. The highest BCUT2D eigenvalue weighted by atomic mass is 35.5. The lowest BCUT2D eigenvalue weighted by atomic mass is 10.0. The highest BCUT2D eigenvalue weighted by molar-refractivity contribution is 5.96. The van der Waals surface area contributed by atoms with E-state index in [9.17, 15) is 9.59 Å². The summed E-state index contributed by atoms with van der Waals surface area (Å²) < 4.78 is 0. The zero-order chi connectivity index (χ0) is 19.5. The number of nitrogens with one attached hydrogen (secondary N) is 1. The Morgan fingerprint density at radius 2 is 1.69 bits per heavy atom. The molecule has 1 saturated heterocycles. The van der Waals surface area contributed by atoms with E-state index in [0.29, 0.717) is 5.56 Å². The van der Waals surface area contributed by atoms with Gasteiger partial charge in [-0.1, -0.05) is 30.3 Å². The Balaban J connectivity index is 0.00000240. The first-order chi connectivity index (χ1) is 13.6. The maximum atomic E-state index is 13.0. The van der Waals surface area contributed by atoms with E-state index in [2.05, 4.69) is 17.4 Å². The number of benzene rings is 2. The fraction of sp³-hybridized carbons (Fsp3) is 0.391. The summed E-state index contributed by atoms with van der Waals surface area (Å²) in [4.78, 5) is 27.3. The maximum Gasteiger partial charge on any atom is 0.254 e. The van der Waals surface area contributed by atoms with Crippen molar-refractivity contribution >= 4 is 29.9 Å². The molecular formula is C23H28ClN3O2. The molecule has 2 aromatic rings. The van der Waals surface area contributed by atoms with Crippen molar-refractivity contribution in [2.24, 2.45) is 11.7 Å². The average Bonchev–Trinajstić information content (AvgIpc) is 3.38. The number of carbonyl (C=O) groups is 2. The lowest BCUT2D eigenvalue weighted by molar-refractivity contribution is -0.119. The number of nitrogens with two attached hydrogens (primary N) is 1. The van der Waals surface area contributed by atoms with E-state index in [1.54, 1.807) is 12.1 Å². The monoisotopic (exact) mass is 413 g/mol. The second-order valence-corrected chi connectivity index (χ2v) is 7.90. The fourth-order valence-corrected chi connectivity index (χ4v) is 4.39. The third kappa shape index (κ3) is 4.80. The number of nitrogens with zero attached hydrogens (tertiary/aromatic N) is 1. The molecule has 3 atom stereocenters. The molecule has 2 amide bonds. The Kier molecular flexibility index (Phi) is 6.93. The van der Waals surface area contributed by atoms with Crippen LogP contribution in [0.4, 0.5) is 5.69 Å². The molecule has 4 rings (SSSR count). The first kappa shape index (κ1) is 21.3. The van der Waals surface area contributed by atoms with E-state index >= 15 is 0 Å². The van der Waals surface area contributed by atoms with Gasteiger partial charge < -0.3 is 16.0 Å². The van der Waals surface area contributed by atoms with E-state index < -0.39 is 0 Å². The second kappa shape index (κ2) is 9.42. The Labute approximate surface area is 178 Å². The van der Waals surface area contributed by atoms with Crippen molar-refractivity contribution < 1.29 is 9.59 Å². The van der Waals surface area contributed by atoms with E-state index in [1.807, 2.05) is 35.2 Å². The second-order valence-electron chi connectivity index (χ2n) is 7.90. The molecule has 2 fully saturated rings. The van der Waals surface area contributed by atoms with Gasteiger partial charge in [-0.2, -0.15) is 0 Å². The van der Waals surface area contributed by atoms with Crippen LogP contribution in [0.1, 0.15) is 54.1 Å². The summed E-state index contributed by atoms with van der Waals surface area (Å²) in [5, 5.41) is 2.96. The van der Waals surface area contributed by atoms with Crippen molar-refractivity contribution in [1.29, 1.82) is 0 Å². The fourth-order valence-electron chi connectivity index (χ4n) is 4.39. The van der Waals surface area contributed by atoms with Gasteiger partial charge in [0.1, 0.15) is 0 Å². The van der Waals surface area contributed by atoms with Gasteiger partial charge in [-0.05, 0) is 61.9 Å². The van der Waals surface area contributed by atoms with Gasteiger partial charge in [0.05, 0.1) is 6.04 Å². The van der Waals surface area contributed by atoms with Crippen LogP contribution in [-0.2, 0) is 4.79 Å². The number of likely N-dealkylation sites (tertiary alicyclic amines) is 1. The smallest absolute Gasteiger partial charge is 0.254 e. The number of anilines is 1. The molecule has 2 aromatic carbocycles. The molecule has 154 valence electrons. The summed E-state index contributed by atoms with van der Waals surface area (Å²) in [5.41, 5.74) is 8.47. The molecule has 1 heterocycles. The van der Waals surface area contributed by atoms with Crippen molar-refractivity contribution in [3.8, 4) is 0 Å². The first-order valence-electron chi connectivity index (χ1n) is 10.1. The van der Waals surface area contributed by atoms with Crippen LogP contribution in [0.3, 0.4) is 0 Å². The summed E-state index contributed by atoms with van der Waals surface area (Å²) in [6.07, 6.45) is 4.51. The molecule has 0 spiro atoms. The third-order valence-corrected chi connectivity index (χ3v) is 5.94. The molecule has 5 nitrogen and oxygen atoms in total. The number of halogens is 1. The number of hydrogen-bond donors (Lipinski definition) is 2. The van der Waals surface area contributed by atoms with Crippen molar-refractivity contribution in [3.63, 3.8) is 0 Å². The molecule has 0 aromatic heterocycles. The zero-order valence-corrected chi connectivity index (χ0v) is 17.2. The van der Waals surface area contributed by atoms with E-state index in [-0.39, 0.29) is 42.2 Å². The van der Waals surface area contributed by atoms with Crippen molar-refractivity contribution in [2.75, 3.05) is 11.9 Å². The van der Waals surface area contributed by atoms with Crippen LogP contribution in [-0.4, -0.2) is 29.3 Å². The molecule has 1 aliphatic heterocycles. The summed E-state index contributed by atoms with van der Waals surface area (Å²) in [6.45, 7) is 0.777. The molecule has 3 unspecified atom stereocenters. The summed E-state index contributed by atoms with van der Waals surface area (Å²) >= 11 is 0. The van der Waals surface area contributed by atoms with Gasteiger partial charge in [-0.15, -0.1) is 12.4 Å². The van der Waals surface area contributed by atoms with Crippen molar-refractivity contribution in [3.05, 3.63) is 65.7 Å². The molecule has 3 N–H and O–H groups in total. The van der Waals surface area contributed by atoms with Gasteiger partial charge in [0.25, 0.3) is 5.91 Å². The topological polar surface area (TPSA) is 75.4 Å². The van der Waals surface area contributed by atoms with Gasteiger partial charge >= 0.3 is 0 Å². The molecule has 6 heteroatoms. The zero-order valence-electron chi connectivity index (χ0n) is 16.4. The van der Waals surface area contributed by atoms with Crippen LogP contribution in [0.15, 0.2) is 54.6 Å². The van der Waals surface area contributed by atoms with Gasteiger partial charge in [-0.25, -0.2) is 0 Å². The highest BCUT2D eigenvalue weighted by Crippen LogP contribution is 2.33. The molecule has 0 bridgehead atoms. The summed E-state index contributed by atoms with van der Waals surface area (Å²) in [7, 11) is 0. The van der Waals surface area contributed by atoms with Gasteiger partial charge in [0, 0.05) is 29.8 Å². The molecule has 29 heavy (non-hydrogen) atoms. The number of rotatable bonds is 4. The molecule has 2 aliphatic rings. The van der Waals surface area contributed by atoms with Crippen LogP contribution in [0.5, 0.6) is 0 Å². The van der Waals surface area contributed by atoms with Crippen LogP contribution < -0.4 is 11.1 Å². The number of carbonyl (C=O) groups excluding carboxylic acids is 2. The predicted molar refractivity (Wildman–Crippen MR) is 117 cm³/mol. The normalized spacial score (nSPS) is 23.5. The lowest BCUT2D eigenvalue weighted by Gasteiger charge is -2.25. The molecule has 1 aliphatic carbocycles. The average molecular weight is 414 g/mol. The first-order valence-corrected chi connectivity index (χ1v) is 10.1. The number of hydrogen-bond acceptors (Lipinski definition) is 3. The van der Waals surface area contributed by atoms with Gasteiger partial charge in [-0.3, -0.25) is 9.59 Å². The molecular weight excluding hydrogens is 386 g/mol. The molecule has 0 radical (unpaired) electrons. The van der Waals surface area contributed by atoms with Gasteiger partial charge in [0.15, 0.2) is 0 Å². The standard InChI is InChI=1S/C23H27N3O2.ClH/c24-19-11-8-18(15-19)22(27)25-20-12-9-17(10-13-20)23(28)26-14-4-7-21(26)16-5-2-1-3-6-16;/h1-3,5-6,9-10,12-13,18-19,21H,4,7-8,11,14-15,24H2,(H,25,27);1H. The van der Waals surface area contributed by atoms with E-state index in [4.69, 9.17) is 5.73 Å². The largest absolute Gasteiger partial charge is 0.332 e. The SMILES string of the molecule is Cl.NC1CCC(C(=O)Nc2ccc(C(=O)N3CCCC3c3ccccc3)cc2)C1.